The topological polar surface area (TPSA) is 43.8 Å². The first-order chi connectivity index (χ1) is 10.1. The Kier molecular flexibility index (Phi) is 3.80. The van der Waals surface area contributed by atoms with E-state index in [1.54, 1.807) is 16.0 Å². The second-order valence-electron chi connectivity index (χ2n) is 5.29. The molecule has 0 spiro atoms. The fourth-order valence-corrected chi connectivity index (χ4v) is 3.28. The lowest BCUT2D eigenvalue weighted by atomic mass is 10.0. The third kappa shape index (κ3) is 2.85. The van der Waals surface area contributed by atoms with Gasteiger partial charge in [-0.2, -0.15) is 5.10 Å². The first kappa shape index (κ1) is 13.9. The Morgan fingerprint density at radius 1 is 1.14 bits per heavy atom. The van der Waals surface area contributed by atoms with E-state index < -0.39 is 0 Å². The number of nitrogens with two attached hydrogens (primary N) is 1. The van der Waals surface area contributed by atoms with Gasteiger partial charge in [0.2, 0.25) is 0 Å². The molecule has 0 saturated carbocycles. The molecule has 0 bridgehead atoms. The fourth-order valence-electron chi connectivity index (χ4n) is 2.48. The predicted molar refractivity (Wildman–Crippen MR) is 89.5 cm³/mol. The van der Waals surface area contributed by atoms with Gasteiger partial charge >= 0.3 is 0 Å². The molecule has 0 fully saturated rings. The average Bonchev–Trinajstić information content (AvgIpc) is 3.08. The molecule has 2 N–H and O–H groups in total. The van der Waals surface area contributed by atoms with Gasteiger partial charge in [-0.3, -0.25) is 4.68 Å². The van der Waals surface area contributed by atoms with Crippen molar-refractivity contribution in [1.29, 1.82) is 0 Å². The minimum Gasteiger partial charge on any atom is -0.383 e. The molecule has 3 rings (SSSR count). The van der Waals surface area contributed by atoms with E-state index in [0.717, 1.165) is 29.9 Å². The van der Waals surface area contributed by atoms with E-state index in [2.05, 4.69) is 53.8 Å². The molecular weight excluding hydrogens is 278 g/mol. The van der Waals surface area contributed by atoms with Gasteiger partial charge in [0.25, 0.3) is 0 Å². The summed E-state index contributed by atoms with van der Waals surface area (Å²) in [6.07, 6.45) is 1.89. The summed E-state index contributed by atoms with van der Waals surface area (Å²) in [6, 6.07) is 12.8. The highest BCUT2D eigenvalue weighted by molar-refractivity contribution is 7.13. The molecule has 3 aromatic rings. The molecule has 0 saturated heterocycles. The highest BCUT2D eigenvalue weighted by Crippen LogP contribution is 2.33. The minimum atomic E-state index is 0.747. The van der Waals surface area contributed by atoms with Crippen molar-refractivity contribution >= 4 is 17.2 Å². The van der Waals surface area contributed by atoms with Gasteiger partial charge in [0.05, 0.1) is 11.3 Å². The Balaban J connectivity index is 1.86. The summed E-state index contributed by atoms with van der Waals surface area (Å²) in [5.41, 5.74) is 11.0. The maximum atomic E-state index is 6.19. The van der Waals surface area contributed by atoms with Crippen LogP contribution in [0, 0.1) is 6.92 Å². The highest BCUT2D eigenvalue weighted by atomic mass is 32.1. The third-order valence-electron chi connectivity index (χ3n) is 3.70. The molecule has 4 heteroatoms. The van der Waals surface area contributed by atoms with Crippen molar-refractivity contribution in [3.63, 3.8) is 0 Å². The first-order valence-corrected chi connectivity index (χ1v) is 7.94. The highest BCUT2D eigenvalue weighted by Gasteiger charge is 2.16. The van der Waals surface area contributed by atoms with Gasteiger partial charge in [0.15, 0.2) is 0 Å². The molecule has 1 aromatic carbocycles. The first-order valence-electron chi connectivity index (χ1n) is 7.06. The van der Waals surface area contributed by atoms with Crippen molar-refractivity contribution in [3.05, 3.63) is 58.6 Å². The molecule has 0 atom stereocenters. The zero-order valence-electron chi connectivity index (χ0n) is 12.3. The second-order valence-corrected chi connectivity index (χ2v) is 6.24. The molecule has 2 heterocycles. The van der Waals surface area contributed by atoms with Crippen molar-refractivity contribution in [2.75, 3.05) is 5.73 Å². The summed E-state index contributed by atoms with van der Waals surface area (Å²) >= 11 is 1.71. The van der Waals surface area contributed by atoms with Crippen molar-refractivity contribution in [3.8, 4) is 10.4 Å². The number of rotatable bonds is 4. The molecule has 0 aliphatic rings. The monoisotopic (exact) mass is 297 g/mol. The molecule has 0 unspecified atom stereocenters. The quantitative estimate of drug-likeness (QED) is 0.795. The summed E-state index contributed by atoms with van der Waals surface area (Å²) in [7, 11) is 1.90. The Morgan fingerprint density at radius 3 is 2.57 bits per heavy atom. The van der Waals surface area contributed by atoms with E-state index in [9.17, 15) is 0 Å². The second kappa shape index (κ2) is 5.74. The van der Waals surface area contributed by atoms with Crippen LogP contribution in [-0.4, -0.2) is 9.78 Å². The van der Waals surface area contributed by atoms with Crippen LogP contribution in [-0.2, 0) is 19.9 Å². The van der Waals surface area contributed by atoms with E-state index in [1.807, 2.05) is 7.05 Å². The van der Waals surface area contributed by atoms with Crippen LogP contribution in [0.1, 0.15) is 16.8 Å². The Morgan fingerprint density at radius 2 is 1.90 bits per heavy atom. The predicted octanol–water partition coefficient (Wildman–Crippen LogP) is 3.82. The van der Waals surface area contributed by atoms with Crippen LogP contribution in [0.2, 0.25) is 0 Å². The number of hydrogen-bond donors (Lipinski definition) is 1. The summed E-state index contributed by atoms with van der Waals surface area (Å²) < 4.78 is 1.78. The molecule has 108 valence electrons. The fraction of sp³-hybridized carbons (Fsp3) is 0.235. The van der Waals surface area contributed by atoms with Gasteiger partial charge < -0.3 is 5.73 Å². The van der Waals surface area contributed by atoms with E-state index in [-0.39, 0.29) is 0 Å². The van der Waals surface area contributed by atoms with Gasteiger partial charge in [0.1, 0.15) is 5.82 Å². The van der Waals surface area contributed by atoms with Crippen molar-refractivity contribution in [2.45, 2.75) is 19.8 Å². The Labute approximate surface area is 129 Å². The summed E-state index contributed by atoms with van der Waals surface area (Å²) in [5.74, 6) is 0.747. The number of anilines is 1. The van der Waals surface area contributed by atoms with Crippen LogP contribution in [0.4, 0.5) is 5.82 Å². The molecule has 0 aliphatic heterocycles. The van der Waals surface area contributed by atoms with Crippen LogP contribution in [0.5, 0.6) is 0 Å². The number of hydrogen-bond acceptors (Lipinski definition) is 3. The van der Waals surface area contributed by atoms with Crippen LogP contribution >= 0.6 is 11.3 Å². The summed E-state index contributed by atoms with van der Waals surface area (Å²) in [6.45, 7) is 2.11. The van der Waals surface area contributed by atoms with Gasteiger partial charge in [-0.05, 0) is 36.8 Å². The van der Waals surface area contributed by atoms with E-state index in [1.165, 1.54) is 16.0 Å². The molecule has 0 radical (unpaired) electrons. The van der Waals surface area contributed by atoms with Gasteiger partial charge in [-0.25, -0.2) is 0 Å². The maximum Gasteiger partial charge on any atom is 0.130 e. The molecule has 2 aromatic heterocycles. The molecule has 0 aliphatic carbocycles. The summed E-state index contributed by atoms with van der Waals surface area (Å²) in [5, 5.41) is 6.67. The number of thiophene rings is 1. The SMILES string of the molecule is Cc1ccc(CCc2nn(C)c(N)c2-c2cccs2)cc1. The zero-order valence-corrected chi connectivity index (χ0v) is 13.2. The van der Waals surface area contributed by atoms with E-state index in [0.29, 0.717) is 0 Å². The number of nitrogen functional groups attached to an aromatic ring is 1. The van der Waals surface area contributed by atoms with E-state index in [4.69, 9.17) is 5.73 Å². The molecular formula is C17H19N3S. The van der Waals surface area contributed by atoms with Crippen molar-refractivity contribution < 1.29 is 0 Å². The number of aromatic nitrogens is 2. The largest absolute Gasteiger partial charge is 0.383 e. The van der Waals surface area contributed by atoms with Crippen LogP contribution in [0.25, 0.3) is 10.4 Å². The lowest BCUT2D eigenvalue weighted by Crippen LogP contribution is -1.98. The van der Waals surface area contributed by atoms with Crippen LogP contribution in [0.3, 0.4) is 0 Å². The molecule has 0 amide bonds. The Hall–Kier alpha value is -2.07. The number of nitrogens with zero attached hydrogens (tertiary/aromatic N) is 2. The molecule has 3 nitrogen and oxygen atoms in total. The smallest absolute Gasteiger partial charge is 0.130 e. The van der Waals surface area contributed by atoms with Crippen LogP contribution in [0.15, 0.2) is 41.8 Å². The molecule has 21 heavy (non-hydrogen) atoms. The normalized spacial score (nSPS) is 11.0. The average molecular weight is 297 g/mol. The Bertz CT molecular complexity index is 724. The lowest BCUT2D eigenvalue weighted by molar-refractivity contribution is 0.745. The van der Waals surface area contributed by atoms with Gasteiger partial charge in [-0.1, -0.05) is 35.9 Å². The summed E-state index contributed by atoms with van der Waals surface area (Å²) in [4.78, 5) is 1.19. The van der Waals surface area contributed by atoms with Crippen molar-refractivity contribution in [1.82, 2.24) is 9.78 Å². The number of aryl methyl sites for hydroxylation is 4. The van der Waals surface area contributed by atoms with Gasteiger partial charge in [0, 0.05) is 11.9 Å². The lowest BCUT2D eigenvalue weighted by Gasteiger charge is -2.03. The van der Waals surface area contributed by atoms with Crippen LogP contribution < -0.4 is 5.73 Å². The van der Waals surface area contributed by atoms with Gasteiger partial charge in [-0.15, -0.1) is 11.3 Å². The zero-order chi connectivity index (χ0) is 14.8. The minimum absolute atomic E-state index is 0.747. The van der Waals surface area contributed by atoms with E-state index >= 15 is 0 Å². The standard InChI is InChI=1S/C17H19N3S/c1-12-5-7-13(8-6-12)9-10-14-16(15-4-3-11-21-15)17(18)20(2)19-14/h3-8,11H,9-10,18H2,1-2H3. The van der Waals surface area contributed by atoms with Crippen molar-refractivity contribution in [2.24, 2.45) is 7.05 Å². The number of benzene rings is 1. The third-order valence-corrected chi connectivity index (χ3v) is 4.59. The maximum absolute atomic E-state index is 6.19.